The van der Waals surface area contributed by atoms with Crippen LogP contribution in [0.5, 0.6) is 0 Å². The lowest BCUT2D eigenvalue weighted by atomic mass is 10.0. The van der Waals surface area contributed by atoms with E-state index in [0.29, 0.717) is 6.04 Å². The largest absolute Gasteiger partial charge is 0.314 e. The van der Waals surface area contributed by atoms with Crippen molar-refractivity contribution in [2.75, 3.05) is 6.54 Å². The van der Waals surface area contributed by atoms with Gasteiger partial charge in [-0.15, -0.1) is 0 Å². The van der Waals surface area contributed by atoms with E-state index in [1.807, 2.05) is 12.1 Å². The molecule has 0 aliphatic rings. The van der Waals surface area contributed by atoms with Gasteiger partial charge in [0.05, 0.1) is 5.02 Å². The molecule has 0 aliphatic carbocycles. The second kappa shape index (κ2) is 7.67. The maximum atomic E-state index is 13.7. The zero-order valence-electron chi connectivity index (χ0n) is 10.6. The molecule has 0 saturated carbocycles. The number of rotatable bonds is 7. The topological polar surface area (TPSA) is 12.0 Å². The lowest BCUT2D eigenvalue weighted by molar-refractivity contribution is 0.455. The summed E-state index contributed by atoms with van der Waals surface area (Å²) in [6.07, 6.45) is 3.98. The molecule has 1 unspecified atom stereocenters. The minimum absolute atomic E-state index is 0.220. The fourth-order valence-electron chi connectivity index (χ4n) is 2.06. The molecule has 0 amide bonds. The minimum Gasteiger partial charge on any atom is -0.314 e. The van der Waals surface area contributed by atoms with Gasteiger partial charge in [0.1, 0.15) is 5.82 Å². The van der Waals surface area contributed by atoms with Crippen molar-refractivity contribution in [1.82, 2.24) is 5.32 Å². The molecule has 3 heteroatoms. The van der Waals surface area contributed by atoms with Gasteiger partial charge >= 0.3 is 0 Å². The predicted octanol–water partition coefficient (Wildman–Crippen LogP) is 4.19. The van der Waals surface area contributed by atoms with Gasteiger partial charge in [-0.2, -0.15) is 0 Å². The summed E-state index contributed by atoms with van der Waals surface area (Å²) in [4.78, 5) is 0. The quantitative estimate of drug-likeness (QED) is 0.772. The monoisotopic (exact) mass is 257 g/mol. The SMILES string of the molecule is CCCC(CCc1cccc(Cl)c1F)NCC. The van der Waals surface area contributed by atoms with Crippen molar-refractivity contribution < 1.29 is 4.39 Å². The number of nitrogens with one attached hydrogen (secondary N) is 1. The van der Waals surface area contributed by atoms with Crippen molar-refractivity contribution in [3.05, 3.63) is 34.6 Å². The number of hydrogen-bond acceptors (Lipinski definition) is 1. The molecule has 1 atom stereocenters. The zero-order valence-corrected chi connectivity index (χ0v) is 11.4. The van der Waals surface area contributed by atoms with Crippen LogP contribution in [-0.2, 0) is 6.42 Å². The molecule has 1 aromatic rings. The third-order valence-electron chi connectivity index (χ3n) is 2.92. The lowest BCUT2D eigenvalue weighted by Crippen LogP contribution is -2.29. The van der Waals surface area contributed by atoms with E-state index in [1.165, 1.54) is 0 Å². The summed E-state index contributed by atoms with van der Waals surface area (Å²) >= 11 is 5.76. The predicted molar refractivity (Wildman–Crippen MR) is 72.1 cm³/mol. The van der Waals surface area contributed by atoms with Gasteiger partial charge in [-0.05, 0) is 37.4 Å². The molecular weight excluding hydrogens is 237 g/mol. The second-order valence-corrected chi connectivity index (χ2v) is 4.70. The van der Waals surface area contributed by atoms with Gasteiger partial charge in [0.2, 0.25) is 0 Å². The molecule has 1 nitrogen and oxygen atoms in total. The van der Waals surface area contributed by atoms with Gasteiger partial charge in [0.25, 0.3) is 0 Å². The third kappa shape index (κ3) is 4.64. The van der Waals surface area contributed by atoms with Crippen molar-refractivity contribution in [2.24, 2.45) is 0 Å². The third-order valence-corrected chi connectivity index (χ3v) is 3.22. The summed E-state index contributed by atoms with van der Waals surface area (Å²) in [5.41, 5.74) is 0.719. The molecule has 0 fully saturated rings. The standard InChI is InChI=1S/C14H21ClFN/c1-3-6-12(17-4-2)10-9-11-7-5-8-13(15)14(11)16/h5,7-8,12,17H,3-4,6,9-10H2,1-2H3. The summed E-state index contributed by atoms with van der Waals surface area (Å²) in [6, 6.07) is 5.69. The van der Waals surface area contributed by atoms with Crippen LogP contribution in [0.15, 0.2) is 18.2 Å². The molecule has 0 aromatic heterocycles. The number of halogens is 2. The Bertz CT molecular complexity index is 335. The minimum atomic E-state index is -0.263. The molecule has 0 heterocycles. The van der Waals surface area contributed by atoms with Crippen LogP contribution >= 0.6 is 11.6 Å². The Kier molecular flexibility index (Phi) is 6.53. The maximum absolute atomic E-state index is 13.7. The van der Waals surface area contributed by atoms with Gasteiger partial charge in [0, 0.05) is 6.04 Å². The zero-order chi connectivity index (χ0) is 12.7. The van der Waals surface area contributed by atoms with Gasteiger partial charge in [-0.1, -0.05) is 44.0 Å². The fourth-order valence-corrected chi connectivity index (χ4v) is 2.25. The summed E-state index contributed by atoms with van der Waals surface area (Å²) in [5.74, 6) is -0.263. The van der Waals surface area contributed by atoms with Crippen molar-refractivity contribution in [3.8, 4) is 0 Å². The molecule has 96 valence electrons. The average Bonchev–Trinajstić information content (AvgIpc) is 2.31. The molecule has 0 bridgehead atoms. The van der Waals surface area contributed by atoms with Crippen LogP contribution in [0.4, 0.5) is 4.39 Å². The van der Waals surface area contributed by atoms with Gasteiger partial charge < -0.3 is 5.32 Å². The molecule has 1 aromatic carbocycles. The first-order valence-electron chi connectivity index (χ1n) is 6.35. The van der Waals surface area contributed by atoms with Crippen molar-refractivity contribution in [1.29, 1.82) is 0 Å². The van der Waals surface area contributed by atoms with Crippen LogP contribution in [0.25, 0.3) is 0 Å². The Labute approximate surface area is 108 Å². The first-order valence-corrected chi connectivity index (χ1v) is 6.73. The van der Waals surface area contributed by atoms with E-state index in [2.05, 4.69) is 19.2 Å². The summed E-state index contributed by atoms with van der Waals surface area (Å²) in [7, 11) is 0. The Morgan fingerprint density at radius 1 is 1.29 bits per heavy atom. The Morgan fingerprint density at radius 3 is 2.71 bits per heavy atom. The number of aryl methyl sites for hydroxylation is 1. The number of hydrogen-bond donors (Lipinski definition) is 1. The first-order chi connectivity index (χ1) is 8.19. The van der Waals surface area contributed by atoms with Crippen LogP contribution in [0.1, 0.15) is 38.7 Å². The molecule has 0 spiro atoms. The Hall–Kier alpha value is -0.600. The van der Waals surface area contributed by atoms with Gasteiger partial charge in [-0.25, -0.2) is 4.39 Å². The van der Waals surface area contributed by atoms with E-state index in [0.717, 1.165) is 37.8 Å². The molecule has 17 heavy (non-hydrogen) atoms. The lowest BCUT2D eigenvalue weighted by Gasteiger charge is -2.17. The number of benzene rings is 1. The Morgan fingerprint density at radius 2 is 2.06 bits per heavy atom. The van der Waals surface area contributed by atoms with Crippen LogP contribution in [-0.4, -0.2) is 12.6 Å². The molecule has 0 saturated heterocycles. The maximum Gasteiger partial charge on any atom is 0.144 e. The van der Waals surface area contributed by atoms with Gasteiger partial charge in [-0.3, -0.25) is 0 Å². The van der Waals surface area contributed by atoms with Crippen molar-refractivity contribution in [3.63, 3.8) is 0 Å². The van der Waals surface area contributed by atoms with Crippen LogP contribution in [0.3, 0.4) is 0 Å². The summed E-state index contributed by atoms with van der Waals surface area (Å²) in [6.45, 7) is 5.23. The van der Waals surface area contributed by atoms with E-state index >= 15 is 0 Å². The van der Waals surface area contributed by atoms with E-state index in [4.69, 9.17) is 11.6 Å². The molecule has 0 aliphatic heterocycles. The highest BCUT2D eigenvalue weighted by Gasteiger charge is 2.10. The Balaban J connectivity index is 2.55. The fraction of sp³-hybridized carbons (Fsp3) is 0.571. The first kappa shape index (κ1) is 14.5. The van der Waals surface area contributed by atoms with Crippen molar-refractivity contribution in [2.45, 2.75) is 45.6 Å². The van der Waals surface area contributed by atoms with Crippen molar-refractivity contribution >= 4 is 11.6 Å². The summed E-state index contributed by atoms with van der Waals surface area (Å²) < 4.78 is 13.7. The highest BCUT2D eigenvalue weighted by molar-refractivity contribution is 6.30. The molecule has 0 radical (unpaired) electrons. The average molecular weight is 258 g/mol. The van der Waals surface area contributed by atoms with Gasteiger partial charge in [0.15, 0.2) is 0 Å². The van der Waals surface area contributed by atoms with Crippen LogP contribution in [0, 0.1) is 5.82 Å². The van der Waals surface area contributed by atoms with E-state index in [9.17, 15) is 4.39 Å². The highest BCUT2D eigenvalue weighted by Crippen LogP contribution is 2.19. The van der Waals surface area contributed by atoms with E-state index in [-0.39, 0.29) is 10.8 Å². The molecular formula is C14H21ClFN. The summed E-state index contributed by atoms with van der Waals surface area (Å²) in [5, 5.41) is 3.65. The van der Waals surface area contributed by atoms with Crippen LogP contribution in [0.2, 0.25) is 5.02 Å². The smallest absolute Gasteiger partial charge is 0.144 e. The highest BCUT2D eigenvalue weighted by atomic mass is 35.5. The van der Waals surface area contributed by atoms with E-state index < -0.39 is 0 Å². The normalized spacial score (nSPS) is 12.7. The second-order valence-electron chi connectivity index (χ2n) is 4.29. The molecule has 1 rings (SSSR count). The van der Waals surface area contributed by atoms with Crippen LogP contribution < -0.4 is 5.32 Å². The molecule has 1 N–H and O–H groups in total. The van der Waals surface area contributed by atoms with E-state index in [1.54, 1.807) is 6.07 Å².